The van der Waals surface area contributed by atoms with Crippen LogP contribution in [0.4, 0.5) is 5.00 Å². The molecule has 1 amide bonds. The van der Waals surface area contributed by atoms with Gasteiger partial charge in [-0.2, -0.15) is 5.26 Å². The van der Waals surface area contributed by atoms with E-state index < -0.39 is 0 Å². The van der Waals surface area contributed by atoms with Crippen molar-refractivity contribution in [1.82, 2.24) is 4.90 Å². The summed E-state index contributed by atoms with van der Waals surface area (Å²) in [4.78, 5) is 15.3. The number of aryl methyl sites for hydroxylation is 1. The monoisotopic (exact) mass is 307 g/mol. The molecule has 0 bridgehead atoms. The van der Waals surface area contributed by atoms with Crippen LogP contribution in [0.25, 0.3) is 0 Å². The van der Waals surface area contributed by atoms with E-state index in [1.165, 1.54) is 4.88 Å². The molecule has 5 nitrogen and oxygen atoms in total. The van der Waals surface area contributed by atoms with Gasteiger partial charge in [0.15, 0.2) is 0 Å². The first-order valence-electron chi connectivity index (χ1n) is 7.37. The molecule has 1 aromatic heterocycles. The molecule has 6 heteroatoms. The van der Waals surface area contributed by atoms with Crippen LogP contribution in [0.5, 0.6) is 0 Å². The average Bonchev–Trinajstić information content (AvgIpc) is 3.03. The lowest BCUT2D eigenvalue weighted by molar-refractivity contribution is -0.116. The van der Waals surface area contributed by atoms with Crippen molar-refractivity contribution >= 4 is 22.2 Å². The molecule has 0 saturated heterocycles. The molecule has 0 atom stereocenters. The molecule has 0 unspecified atom stereocenters. The van der Waals surface area contributed by atoms with E-state index in [4.69, 9.17) is 5.11 Å². The van der Waals surface area contributed by atoms with Crippen molar-refractivity contribution in [2.45, 2.75) is 32.6 Å². The largest absolute Gasteiger partial charge is 0.395 e. The average molecular weight is 307 g/mol. The highest BCUT2D eigenvalue weighted by Gasteiger charge is 2.23. The molecule has 0 spiro atoms. The van der Waals surface area contributed by atoms with Gasteiger partial charge in [-0.3, -0.25) is 4.79 Å². The molecular formula is C15H21N3O2S. The Kier molecular flexibility index (Phi) is 5.74. The van der Waals surface area contributed by atoms with Gasteiger partial charge in [-0.15, -0.1) is 11.3 Å². The lowest BCUT2D eigenvalue weighted by Gasteiger charge is -2.18. The predicted molar refractivity (Wildman–Crippen MR) is 83.5 cm³/mol. The SMILES string of the molecule is CCN(CCO)CCC(=O)Nc1sc2c(c1C#N)CCC2. The van der Waals surface area contributed by atoms with Gasteiger partial charge in [-0.1, -0.05) is 6.92 Å². The lowest BCUT2D eigenvalue weighted by atomic mass is 10.1. The van der Waals surface area contributed by atoms with Gasteiger partial charge in [0, 0.05) is 24.4 Å². The van der Waals surface area contributed by atoms with Gasteiger partial charge in [0.1, 0.15) is 11.1 Å². The van der Waals surface area contributed by atoms with E-state index in [1.807, 2.05) is 11.8 Å². The van der Waals surface area contributed by atoms with Gasteiger partial charge in [-0.25, -0.2) is 0 Å². The quantitative estimate of drug-likeness (QED) is 0.804. The molecular weight excluding hydrogens is 286 g/mol. The highest BCUT2D eigenvalue weighted by molar-refractivity contribution is 7.16. The number of carbonyl (C=O) groups excluding carboxylic acids is 1. The second-order valence-electron chi connectivity index (χ2n) is 5.13. The first-order valence-corrected chi connectivity index (χ1v) is 8.19. The van der Waals surface area contributed by atoms with E-state index in [9.17, 15) is 10.1 Å². The van der Waals surface area contributed by atoms with Crippen LogP contribution in [-0.4, -0.2) is 42.2 Å². The summed E-state index contributed by atoms with van der Waals surface area (Å²) in [5.41, 5.74) is 1.79. The van der Waals surface area contributed by atoms with Gasteiger partial charge in [0.2, 0.25) is 5.91 Å². The Balaban J connectivity index is 1.93. The molecule has 2 rings (SSSR count). The van der Waals surface area contributed by atoms with Crippen LogP contribution in [0, 0.1) is 11.3 Å². The zero-order chi connectivity index (χ0) is 15.2. The number of anilines is 1. The number of likely N-dealkylation sites (N-methyl/N-ethyl adjacent to an activating group) is 1. The molecule has 2 N–H and O–H groups in total. The van der Waals surface area contributed by atoms with E-state index >= 15 is 0 Å². The van der Waals surface area contributed by atoms with Crippen LogP contribution in [0.15, 0.2) is 0 Å². The van der Waals surface area contributed by atoms with Gasteiger partial charge in [0.25, 0.3) is 0 Å². The Morgan fingerprint density at radius 3 is 2.95 bits per heavy atom. The van der Waals surface area contributed by atoms with Crippen LogP contribution >= 0.6 is 11.3 Å². The van der Waals surface area contributed by atoms with Crippen molar-refractivity contribution in [3.8, 4) is 6.07 Å². The third kappa shape index (κ3) is 3.82. The summed E-state index contributed by atoms with van der Waals surface area (Å²) in [5.74, 6) is -0.0668. The molecule has 1 aromatic rings. The van der Waals surface area contributed by atoms with E-state index in [0.29, 0.717) is 30.1 Å². The number of hydrogen-bond donors (Lipinski definition) is 2. The maximum absolute atomic E-state index is 12.0. The fourth-order valence-electron chi connectivity index (χ4n) is 2.63. The normalized spacial score (nSPS) is 13.2. The van der Waals surface area contributed by atoms with Gasteiger partial charge in [-0.05, 0) is 31.4 Å². The van der Waals surface area contributed by atoms with Gasteiger partial charge >= 0.3 is 0 Å². The molecule has 1 aliphatic carbocycles. The maximum atomic E-state index is 12.0. The Bertz CT molecular complexity index is 548. The summed E-state index contributed by atoms with van der Waals surface area (Å²) in [6.45, 7) is 4.12. The molecule has 0 fully saturated rings. The standard InChI is InChI=1S/C15H21N3O2S/c1-2-18(8-9-19)7-6-14(20)17-15-12(10-16)11-4-3-5-13(11)21-15/h19H,2-9H2,1H3,(H,17,20). The number of aliphatic hydroxyl groups excluding tert-OH is 1. The smallest absolute Gasteiger partial charge is 0.226 e. The molecule has 0 aliphatic heterocycles. The van der Waals surface area contributed by atoms with Crippen molar-refractivity contribution in [2.24, 2.45) is 0 Å². The van der Waals surface area contributed by atoms with Crippen molar-refractivity contribution in [3.63, 3.8) is 0 Å². The van der Waals surface area contributed by atoms with E-state index in [0.717, 1.165) is 31.4 Å². The lowest BCUT2D eigenvalue weighted by Crippen LogP contribution is -2.30. The molecule has 1 heterocycles. The third-order valence-corrected chi connectivity index (χ3v) is 5.01. The van der Waals surface area contributed by atoms with Crippen molar-refractivity contribution < 1.29 is 9.90 Å². The number of fused-ring (bicyclic) bond motifs is 1. The number of nitriles is 1. The summed E-state index contributed by atoms with van der Waals surface area (Å²) in [6, 6.07) is 2.23. The van der Waals surface area contributed by atoms with Crippen LogP contribution in [-0.2, 0) is 17.6 Å². The Morgan fingerprint density at radius 2 is 2.29 bits per heavy atom. The van der Waals surface area contributed by atoms with Crippen LogP contribution in [0.3, 0.4) is 0 Å². The zero-order valence-electron chi connectivity index (χ0n) is 12.3. The van der Waals surface area contributed by atoms with Gasteiger partial charge in [0.05, 0.1) is 12.2 Å². The minimum atomic E-state index is -0.0668. The minimum absolute atomic E-state index is 0.0668. The second kappa shape index (κ2) is 7.55. The number of nitrogens with one attached hydrogen (secondary N) is 1. The van der Waals surface area contributed by atoms with Gasteiger partial charge < -0.3 is 15.3 Å². The first-order chi connectivity index (χ1) is 10.2. The number of aliphatic hydroxyl groups is 1. The fourth-order valence-corrected chi connectivity index (χ4v) is 3.88. The Hall–Kier alpha value is -1.42. The van der Waals surface area contributed by atoms with Crippen molar-refractivity contribution in [1.29, 1.82) is 5.26 Å². The number of nitrogens with zero attached hydrogens (tertiary/aromatic N) is 2. The van der Waals surface area contributed by atoms with Crippen molar-refractivity contribution in [3.05, 3.63) is 16.0 Å². The summed E-state index contributed by atoms with van der Waals surface area (Å²) < 4.78 is 0. The number of rotatable bonds is 7. The maximum Gasteiger partial charge on any atom is 0.226 e. The third-order valence-electron chi connectivity index (χ3n) is 3.80. The Morgan fingerprint density at radius 1 is 1.48 bits per heavy atom. The highest BCUT2D eigenvalue weighted by atomic mass is 32.1. The number of amides is 1. The van der Waals surface area contributed by atoms with Crippen LogP contribution in [0.2, 0.25) is 0 Å². The minimum Gasteiger partial charge on any atom is -0.395 e. The van der Waals surface area contributed by atoms with E-state index in [2.05, 4.69) is 11.4 Å². The molecule has 21 heavy (non-hydrogen) atoms. The van der Waals surface area contributed by atoms with E-state index in [1.54, 1.807) is 11.3 Å². The molecule has 0 aromatic carbocycles. The van der Waals surface area contributed by atoms with Crippen LogP contribution < -0.4 is 5.32 Å². The van der Waals surface area contributed by atoms with Crippen molar-refractivity contribution in [2.75, 3.05) is 31.6 Å². The number of carbonyl (C=O) groups is 1. The first kappa shape index (κ1) is 16.0. The Labute approximate surface area is 129 Å². The summed E-state index contributed by atoms with van der Waals surface area (Å²) in [5, 5.41) is 21.8. The molecule has 1 aliphatic rings. The summed E-state index contributed by atoms with van der Waals surface area (Å²) >= 11 is 1.54. The zero-order valence-corrected chi connectivity index (χ0v) is 13.1. The molecule has 0 saturated carbocycles. The van der Waals surface area contributed by atoms with E-state index in [-0.39, 0.29) is 12.5 Å². The topological polar surface area (TPSA) is 76.4 Å². The molecule has 0 radical (unpaired) electrons. The van der Waals surface area contributed by atoms with Crippen LogP contribution in [0.1, 0.15) is 35.8 Å². The molecule has 114 valence electrons. The number of thiophene rings is 1. The predicted octanol–water partition coefficient (Wildman–Crippen LogP) is 1.75. The highest BCUT2D eigenvalue weighted by Crippen LogP contribution is 2.38. The number of hydrogen-bond acceptors (Lipinski definition) is 5. The second-order valence-corrected chi connectivity index (χ2v) is 6.23. The summed E-state index contributed by atoms with van der Waals surface area (Å²) in [7, 11) is 0. The fraction of sp³-hybridized carbons (Fsp3) is 0.600. The summed E-state index contributed by atoms with van der Waals surface area (Å²) in [6.07, 6.45) is 3.45.